The predicted octanol–water partition coefficient (Wildman–Crippen LogP) is -10.7. The summed E-state index contributed by atoms with van der Waals surface area (Å²) < 4.78 is 0. The van der Waals surface area contributed by atoms with Crippen LogP contribution in [0, 0.1) is 29.1 Å². The van der Waals surface area contributed by atoms with Crippen LogP contribution in [-0.2, 0) is 107 Å². The number of guanidine groups is 1. The highest BCUT2D eigenvalue weighted by atomic mass is 32.2. The Bertz CT molecular complexity index is 4090. The van der Waals surface area contributed by atoms with Crippen LogP contribution in [0.15, 0.2) is 30.3 Å². The highest BCUT2D eigenvalue weighted by molar-refractivity contribution is 7.98. The molecule has 1 aromatic carbocycles. The van der Waals surface area contributed by atoms with Crippen LogP contribution < -0.4 is 124 Å². The van der Waals surface area contributed by atoms with E-state index in [0.717, 1.165) is 0 Å². The molecule has 0 saturated heterocycles. The zero-order valence-electron chi connectivity index (χ0n) is 76.5. The maximum Gasteiger partial charge on any atom is 0.327 e. The normalized spacial score (nSPS) is 14.4. The SMILES string of the molecule is CC[C@H](C)[C@H](NC(=O)[C@H](CCCNC(=N)N)NC(=O)[C@H](CC(=O)O)NC(=O)[C@H](CC(C)C)NC(=O)CNC(=O)[C@H](Cc1ccccc1)NC(=O)[C@H](CS)NC(=O)CNC(=O)[C@H](CCCCN)NC(=O)[C@H](CO)NC(=O)[C@H](CC(C)C)NC(=O)CN)C(=O)NCC(=O)N[C@@H](CO)C(=O)N[C@@H](CCSC)C(=O)N[C@@H](CO)C(=O)NCC(=O)N[C@@H](CC(C)C)C(=O)NCC(=O)N[C@@H](CS)C(=O)O. The van der Waals surface area contributed by atoms with Crippen LogP contribution in [0.1, 0.15) is 132 Å². The summed E-state index contributed by atoms with van der Waals surface area (Å²) in [5.41, 5.74) is 17.1. The Morgan fingerprint density at radius 2 is 0.709 bits per heavy atom. The number of aliphatic hydroxyl groups is 3. The fraction of sp³-hybridized carbons (Fsp3) is 0.654. The number of carboxylic acid groups (broad SMARTS) is 2. The maximum atomic E-state index is 14.4. The van der Waals surface area contributed by atoms with Crippen molar-refractivity contribution < 1.29 is 126 Å². The predicted molar refractivity (Wildman–Crippen MR) is 493 cm³/mol. The van der Waals surface area contributed by atoms with Crippen molar-refractivity contribution in [2.75, 3.05) is 95.7 Å². The van der Waals surface area contributed by atoms with Gasteiger partial charge < -0.3 is 149 Å². The van der Waals surface area contributed by atoms with Crippen LogP contribution in [0.4, 0.5) is 0 Å². The molecule has 50 nitrogen and oxygen atoms in total. The number of aliphatic hydroxyl groups excluding tert-OH is 3. The van der Waals surface area contributed by atoms with E-state index < -0.39 is 292 Å². The van der Waals surface area contributed by atoms with Gasteiger partial charge in [-0.25, -0.2) is 4.79 Å². The van der Waals surface area contributed by atoms with E-state index in [-0.39, 0.29) is 100.0 Å². The summed E-state index contributed by atoms with van der Waals surface area (Å²) in [6, 6.07) is -13.3. The number of hydrogen-bond donors (Lipinski definition) is 31. The Hall–Kier alpha value is -11.8. The van der Waals surface area contributed by atoms with Gasteiger partial charge in [-0.05, 0) is 106 Å². The molecule has 0 aliphatic rings. The summed E-state index contributed by atoms with van der Waals surface area (Å²) in [6.07, 6.45) is 0.683. The summed E-state index contributed by atoms with van der Waals surface area (Å²) in [4.78, 5) is 281. The standard InChI is InChI=1S/C81H136N24O26S3/c1-10-44(8)66(79(129)91-35-62(112)95-55(37-107)76(126)100-48(21-24-134-9)71(121)103-54(36-106)70(120)90-32-60(110)93-49(25-41(2)3)68(118)88-34-64(114)97-58(40-133)80(130)131)105-72(122)47(20-16-23-86-81(84)85)99-75(125)53(29-65(115)116)102-73(123)51(27-43(6)7)94-61(111)31-89-69(119)52(28-45-17-12-11-13-18-45)101-78(128)57(39-132)96-63(113)33-87-67(117)46(19-14-15-22-82)98-77(127)56(38-108)104-74(124)50(26-42(4)5)92-59(109)30-83/h11-13,17-18,41-44,46-58,66,106-108,132-133H,10,14-16,19-40,82-83H2,1-9H3,(H,87,117)(H,88,118)(H,89,119)(H,90,120)(H,91,129)(H,92,109)(H,93,110)(H,94,111)(H,95,112)(H,96,113)(H,97,114)(H,98,127)(H,99,125)(H,100,126)(H,101,128)(H,102,123)(H,103,121)(H,104,124)(H,105,122)(H,115,116)(H,130,131)(H4,84,85,86)/t44-,46-,47-,48-,49-,50-,51-,52-,53-,54-,55-,56-,57-,58-,66-/m0/s1. The Morgan fingerprint density at radius 3 is 1.13 bits per heavy atom. The minimum atomic E-state index is -2.00. The zero-order valence-corrected chi connectivity index (χ0v) is 79.1. The Kier molecular flexibility index (Phi) is 59.0. The van der Waals surface area contributed by atoms with Gasteiger partial charge in [-0.2, -0.15) is 37.0 Å². The van der Waals surface area contributed by atoms with E-state index >= 15 is 0 Å². The van der Waals surface area contributed by atoms with Gasteiger partial charge in [-0.3, -0.25) is 101 Å². The number of rotatable bonds is 67. The van der Waals surface area contributed by atoms with E-state index in [9.17, 15) is 126 Å². The minimum absolute atomic E-state index is 0.0273. The summed E-state index contributed by atoms with van der Waals surface area (Å²) in [6.45, 7) is 6.04. The van der Waals surface area contributed by atoms with Gasteiger partial charge in [0.05, 0.1) is 65.5 Å². The van der Waals surface area contributed by atoms with Crippen LogP contribution in [0.3, 0.4) is 0 Å². The number of unbranched alkanes of at least 4 members (excludes halogenated alkanes) is 1. The van der Waals surface area contributed by atoms with Crippen molar-refractivity contribution in [3.05, 3.63) is 35.9 Å². The molecule has 0 aliphatic heterocycles. The first kappa shape index (κ1) is 120. The molecule has 0 heterocycles. The summed E-state index contributed by atoms with van der Waals surface area (Å²) in [5, 5.41) is 105. The molecule has 0 unspecified atom stereocenters. The molecule has 0 aliphatic carbocycles. The smallest absolute Gasteiger partial charge is 0.327 e. The number of benzene rings is 1. The van der Waals surface area contributed by atoms with Crippen molar-refractivity contribution in [1.82, 2.24) is 106 Å². The van der Waals surface area contributed by atoms with Gasteiger partial charge in [-0.15, -0.1) is 0 Å². The summed E-state index contributed by atoms with van der Waals surface area (Å²) in [5.74, 6) is -24.2. The molecule has 15 atom stereocenters. The van der Waals surface area contributed by atoms with Gasteiger partial charge >= 0.3 is 11.9 Å². The molecule has 0 radical (unpaired) electrons. The van der Waals surface area contributed by atoms with Crippen LogP contribution in [0.5, 0.6) is 0 Å². The molecule has 0 spiro atoms. The second-order valence-electron chi connectivity index (χ2n) is 32.3. The first-order valence-electron chi connectivity index (χ1n) is 43.3. The highest BCUT2D eigenvalue weighted by Crippen LogP contribution is 2.15. The average molecular weight is 1960 g/mol. The minimum Gasteiger partial charge on any atom is -0.481 e. The third-order valence-electron chi connectivity index (χ3n) is 19.7. The number of hydrogen-bond acceptors (Lipinski definition) is 30. The molecule has 1 rings (SSSR count). The third-order valence-corrected chi connectivity index (χ3v) is 21.0. The van der Waals surface area contributed by atoms with Crippen molar-refractivity contribution in [3.8, 4) is 0 Å². The number of thioether (sulfide) groups is 1. The third kappa shape index (κ3) is 48.7. The molecule has 0 fully saturated rings. The van der Waals surface area contributed by atoms with E-state index in [1.807, 2.05) is 0 Å². The van der Waals surface area contributed by atoms with Gasteiger partial charge in [0, 0.05) is 24.5 Å². The van der Waals surface area contributed by atoms with Crippen molar-refractivity contribution in [2.24, 2.45) is 40.9 Å². The lowest BCUT2D eigenvalue weighted by Crippen LogP contribution is -2.60. The first-order valence-corrected chi connectivity index (χ1v) is 46.0. The van der Waals surface area contributed by atoms with Crippen molar-refractivity contribution in [2.45, 2.75) is 217 Å². The second kappa shape index (κ2) is 65.8. The van der Waals surface area contributed by atoms with Crippen LogP contribution in [0.25, 0.3) is 0 Å². The van der Waals surface area contributed by atoms with Crippen molar-refractivity contribution >= 4 is 167 Å². The van der Waals surface area contributed by atoms with Gasteiger partial charge in [0.25, 0.3) is 0 Å². The molecule has 19 amide bonds. The number of aliphatic carboxylic acids is 2. The number of carbonyl (C=O) groups excluding carboxylic acids is 19. The molecular weight excluding hydrogens is 1820 g/mol. The fourth-order valence-electron chi connectivity index (χ4n) is 12.4. The quantitative estimate of drug-likeness (QED) is 0.0125. The van der Waals surface area contributed by atoms with E-state index in [2.05, 4.69) is 132 Å². The Balaban J connectivity index is 3.36. The lowest BCUT2D eigenvalue weighted by molar-refractivity contribution is -0.142. The maximum absolute atomic E-state index is 14.4. The molecule has 0 aromatic heterocycles. The van der Waals surface area contributed by atoms with Gasteiger partial charge in [0.2, 0.25) is 112 Å². The number of carboxylic acids is 2. The average Bonchev–Trinajstić information content (AvgIpc) is 0.836. The highest BCUT2D eigenvalue weighted by Gasteiger charge is 2.38. The number of amides is 19. The van der Waals surface area contributed by atoms with Crippen LogP contribution in [0.2, 0.25) is 0 Å². The van der Waals surface area contributed by atoms with Crippen molar-refractivity contribution in [1.29, 1.82) is 5.41 Å². The monoisotopic (exact) mass is 1960 g/mol. The Morgan fingerprint density at radius 1 is 0.381 bits per heavy atom. The number of nitrogens with two attached hydrogens (primary N) is 3. The van der Waals surface area contributed by atoms with E-state index in [0.29, 0.717) is 18.4 Å². The number of thiol groups is 2. The first-order chi connectivity index (χ1) is 63.2. The molecule has 754 valence electrons. The van der Waals surface area contributed by atoms with E-state index in [1.165, 1.54) is 18.7 Å². The lowest BCUT2D eigenvalue weighted by Gasteiger charge is -2.28. The molecule has 1 aromatic rings. The molecule has 134 heavy (non-hydrogen) atoms. The van der Waals surface area contributed by atoms with E-state index in [1.54, 1.807) is 85.1 Å². The fourth-order valence-corrected chi connectivity index (χ4v) is 13.3. The van der Waals surface area contributed by atoms with Crippen LogP contribution >= 0.6 is 37.0 Å². The molecule has 32 N–H and O–H groups in total. The van der Waals surface area contributed by atoms with E-state index in [4.69, 9.17) is 22.6 Å². The van der Waals surface area contributed by atoms with Gasteiger partial charge in [0.1, 0.15) is 84.6 Å². The topological polar surface area (TPSA) is 802 Å². The molecular formula is C81H136N24O26S3. The molecule has 0 bridgehead atoms. The largest absolute Gasteiger partial charge is 0.481 e. The number of carbonyl (C=O) groups is 21. The van der Waals surface area contributed by atoms with Crippen molar-refractivity contribution in [3.63, 3.8) is 0 Å². The summed E-state index contributed by atoms with van der Waals surface area (Å²) in [7, 11) is 0. The van der Waals surface area contributed by atoms with Gasteiger partial charge in [0.15, 0.2) is 5.96 Å². The zero-order chi connectivity index (χ0) is 101. The molecule has 53 heteroatoms. The molecule has 0 saturated carbocycles. The summed E-state index contributed by atoms with van der Waals surface area (Å²) >= 11 is 9.32. The second-order valence-corrected chi connectivity index (χ2v) is 34.0. The van der Waals surface area contributed by atoms with Gasteiger partial charge in [-0.1, -0.05) is 92.1 Å². The van der Waals surface area contributed by atoms with Crippen LogP contribution in [-0.4, -0.2) is 336 Å². The lowest BCUT2D eigenvalue weighted by atomic mass is 9.97. The Labute approximate surface area is 790 Å². The number of nitrogens with one attached hydrogen (secondary N) is 21.